The Bertz CT molecular complexity index is 1010. The summed E-state index contributed by atoms with van der Waals surface area (Å²) in [4.78, 5) is 17.0. The molecule has 13 atom stereocenters. The third kappa shape index (κ3) is 6.60. The number of aliphatic hydroxyl groups excluding tert-OH is 2. The van der Waals surface area contributed by atoms with Gasteiger partial charge in [0.2, 0.25) is 6.29 Å². The highest BCUT2D eigenvalue weighted by Crippen LogP contribution is 2.36. The Kier molecular flexibility index (Phi) is 9.46. The molecule has 0 aromatic heterocycles. The smallest absolute Gasteiger partial charge is 0.253 e. The van der Waals surface area contributed by atoms with Crippen molar-refractivity contribution in [3.63, 3.8) is 0 Å². The minimum atomic E-state index is -1.75. The summed E-state index contributed by atoms with van der Waals surface area (Å²) in [6, 6.07) is -4.05. The number of aliphatic imine (C=N–C) groups is 1. The lowest BCUT2D eigenvalue weighted by Gasteiger charge is -2.48. The largest absolute Gasteiger partial charge is 0.466 e. The van der Waals surface area contributed by atoms with Gasteiger partial charge < -0.3 is 78.7 Å². The van der Waals surface area contributed by atoms with Crippen LogP contribution in [0, 0.1) is 0 Å². The molecule has 234 valence electrons. The van der Waals surface area contributed by atoms with Gasteiger partial charge in [0.1, 0.15) is 41.8 Å². The van der Waals surface area contributed by atoms with Gasteiger partial charge in [-0.1, -0.05) is 0 Å². The molecule has 41 heavy (non-hydrogen) atoms. The minimum Gasteiger partial charge on any atom is -0.466 e. The van der Waals surface area contributed by atoms with Crippen LogP contribution in [0.2, 0.25) is 0 Å². The van der Waals surface area contributed by atoms with Gasteiger partial charge in [0, 0.05) is 18.5 Å². The molecular weight excluding hydrogens is 544 g/mol. The molecule has 2 saturated carbocycles. The number of hydrogen-bond donors (Lipinski definition) is 11. The van der Waals surface area contributed by atoms with Crippen LogP contribution in [0.4, 0.5) is 0 Å². The molecule has 3 fully saturated rings. The molecule has 3 unspecified atom stereocenters. The number of guanidine groups is 1. The van der Waals surface area contributed by atoms with Crippen LogP contribution in [0.25, 0.3) is 0 Å². The topological polar surface area (TPSA) is 301 Å². The van der Waals surface area contributed by atoms with E-state index in [1.807, 2.05) is 0 Å². The van der Waals surface area contributed by atoms with Crippen molar-refractivity contribution in [2.75, 3.05) is 20.2 Å². The molecule has 2 aliphatic heterocycles. The quantitative estimate of drug-likeness (QED) is 0.0882. The van der Waals surface area contributed by atoms with E-state index in [0.29, 0.717) is 12.2 Å². The van der Waals surface area contributed by atoms with E-state index in [1.54, 1.807) is 13.1 Å². The molecular formula is C24H44N8O9. The van der Waals surface area contributed by atoms with E-state index >= 15 is 0 Å². The Balaban J connectivity index is 1.58. The second-order valence-electron chi connectivity index (χ2n) is 11.4. The van der Waals surface area contributed by atoms with Crippen molar-refractivity contribution < 1.29 is 44.2 Å². The van der Waals surface area contributed by atoms with Crippen LogP contribution >= 0.6 is 0 Å². The SMILES string of the molecule is CN[C@@H]1[C@@H](O)[C@@H](O[C@H]2[C@H](NC(=O)C3(O)CC3N)C[C@H](N)C(O[C@H]3OC(CN)=CC[C@H]3N=C(N)N)[C@@H]2O)OC[C@]1(C)O. The highest BCUT2D eigenvalue weighted by Gasteiger charge is 2.59. The van der Waals surface area contributed by atoms with E-state index in [9.17, 15) is 25.2 Å². The lowest BCUT2D eigenvalue weighted by molar-refractivity contribution is -0.304. The number of carbonyl (C=O) groups excluding carboxylic acids is 1. The van der Waals surface area contributed by atoms with E-state index in [1.165, 1.54) is 6.92 Å². The lowest BCUT2D eigenvalue weighted by Crippen LogP contribution is -2.69. The van der Waals surface area contributed by atoms with Gasteiger partial charge >= 0.3 is 0 Å². The first-order valence-electron chi connectivity index (χ1n) is 13.6. The third-order valence-corrected chi connectivity index (χ3v) is 8.12. The number of nitrogens with one attached hydrogen (secondary N) is 2. The fourth-order valence-corrected chi connectivity index (χ4v) is 5.64. The number of nitrogens with two attached hydrogens (primary N) is 5. The molecule has 1 amide bonds. The summed E-state index contributed by atoms with van der Waals surface area (Å²) >= 11 is 0. The van der Waals surface area contributed by atoms with E-state index in [2.05, 4.69) is 15.6 Å². The Labute approximate surface area is 237 Å². The van der Waals surface area contributed by atoms with Crippen molar-refractivity contribution in [1.82, 2.24) is 10.6 Å². The monoisotopic (exact) mass is 588 g/mol. The summed E-state index contributed by atoms with van der Waals surface area (Å²) in [5, 5.41) is 49.1. The molecule has 2 heterocycles. The van der Waals surface area contributed by atoms with Crippen LogP contribution in [0.1, 0.15) is 26.2 Å². The Hall–Kier alpha value is -2.16. The zero-order valence-corrected chi connectivity index (χ0v) is 23.1. The van der Waals surface area contributed by atoms with Crippen molar-refractivity contribution in [3.8, 4) is 0 Å². The van der Waals surface area contributed by atoms with Crippen LogP contribution in [-0.2, 0) is 23.7 Å². The minimum absolute atomic E-state index is 0.0265. The molecule has 17 heteroatoms. The van der Waals surface area contributed by atoms with Gasteiger partial charge in [-0.2, -0.15) is 0 Å². The first kappa shape index (κ1) is 31.8. The molecule has 16 N–H and O–H groups in total. The van der Waals surface area contributed by atoms with E-state index in [4.69, 9.17) is 47.6 Å². The highest BCUT2D eigenvalue weighted by molar-refractivity contribution is 5.89. The maximum absolute atomic E-state index is 12.9. The average Bonchev–Trinajstić information content (AvgIpc) is 3.53. The molecule has 2 aliphatic carbocycles. The van der Waals surface area contributed by atoms with Gasteiger partial charge in [-0.15, -0.1) is 0 Å². The first-order chi connectivity index (χ1) is 19.2. The zero-order chi connectivity index (χ0) is 30.3. The van der Waals surface area contributed by atoms with Crippen LogP contribution in [0.15, 0.2) is 16.8 Å². The van der Waals surface area contributed by atoms with E-state index in [0.717, 1.165) is 0 Å². The fraction of sp³-hybridized carbons (Fsp3) is 0.833. The standard InChI is InChI=1S/C24H44N8O9/c1-23(36)8-38-20(15(34)18(23)30-2)41-17-12(31-21(35)24(37)6-13(24)27)5-10(26)16(14(17)33)40-19-11(32-22(28)29)4-3-9(7-25)39-19/h3,10-20,30,33-34,36-37H,4-8,25-27H2,1-2H3,(H,31,35)(H4,28,29,32)/t10-,11+,12+,13?,14-,15+,16?,17-,18+,19+,20+,23-,24?/m0/s1. The first-order valence-corrected chi connectivity index (χ1v) is 13.6. The molecule has 17 nitrogen and oxygen atoms in total. The number of rotatable bonds is 9. The van der Waals surface area contributed by atoms with Crippen LogP contribution in [0.5, 0.6) is 0 Å². The molecule has 0 aromatic carbocycles. The molecule has 4 aliphatic rings. The van der Waals surface area contributed by atoms with Crippen LogP contribution in [-0.4, -0.2) is 131 Å². The summed E-state index contributed by atoms with van der Waals surface area (Å²) in [7, 11) is 1.56. The number of carbonyl (C=O) groups is 1. The number of amides is 1. The molecule has 0 aromatic rings. The molecule has 0 spiro atoms. The maximum atomic E-state index is 12.9. The van der Waals surface area contributed by atoms with Crippen molar-refractivity contribution in [1.29, 1.82) is 0 Å². The fourth-order valence-electron chi connectivity index (χ4n) is 5.64. The number of nitrogens with zero attached hydrogens (tertiary/aromatic N) is 1. The number of ether oxygens (including phenoxy) is 4. The Morgan fingerprint density at radius 2 is 1.83 bits per heavy atom. The second-order valence-corrected chi connectivity index (χ2v) is 11.4. The van der Waals surface area contributed by atoms with Gasteiger partial charge in [0.25, 0.3) is 5.91 Å². The van der Waals surface area contributed by atoms with Crippen molar-refractivity contribution in [2.45, 2.75) is 105 Å². The molecule has 4 rings (SSSR count). The highest BCUT2D eigenvalue weighted by atomic mass is 16.7. The normalized spacial score (nSPS) is 46.2. The van der Waals surface area contributed by atoms with Crippen molar-refractivity contribution in [2.24, 2.45) is 33.7 Å². The summed E-state index contributed by atoms with van der Waals surface area (Å²) in [6.07, 6.45) is -5.46. The summed E-state index contributed by atoms with van der Waals surface area (Å²) < 4.78 is 23.7. The summed E-state index contributed by atoms with van der Waals surface area (Å²) in [6.45, 7) is 1.39. The number of likely N-dealkylation sites (N-methyl/N-ethyl adjacent to an activating group) is 1. The zero-order valence-electron chi connectivity index (χ0n) is 23.1. The van der Waals surface area contributed by atoms with Crippen molar-refractivity contribution in [3.05, 3.63) is 11.8 Å². The molecule has 1 saturated heterocycles. The molecule has 0 bridgehead atoms. The number of hydrogen-bond acceptors (Lipinski definition) is 14. The predicted molar refractivity (Wildman–Crippen MR) is 143 cm³/mol. The average molecular weight is 589 g/mol. The maximum Gasteiger partial charge on any atom is 0.253 e. The van der Waals surface area contributed by atoms with Gasteiger partial charge in [-0.3, -0.25) is 4.79 Å². The van der Waals surface area contributed by atoms with Gasteiger partial charge in [-0.25, -0.2) is 4.99 Å². The van der Waals surface area contributed by atoms with Crippen molar-refractivity contribution >= 4 is 11.9 Å². The third-order valence-electron chi connectivity index (χ3n) is 8.12. The van der Waals surface area contributed by atoms with Crippen LogP contribution < -0.4 is 39.3 Å². The Morgan fingerprint density at radius 1 is 1.17 bits per heavy atom. The summed E-state index contributed by atoms with van der Waals surface area (Å²) in [5.41, 5.74) is 25.9. The lowest BCUT2D eigenvalue weighted by atomic mass is 9.83. The van der Waals surface area contributed by atoms with E-state index < -0.39 is 84.3 Å². The summed E-state index contributed by atoms with van der Waals surface area (Å²) in [5.74, 6) is -0.500. The van der Waals surface area contributed by atoms with Gasteiger partial charge in [0.15, 0.2) is 17.9 Å². The molecule has 0 radical (unpaired) electrons. The Morgan fingerprint density at radius 3 is 2.41 bits per heavy atom. The van der Waals surface area contributed by atoms with Gasteiger partial charge in [-0.05, 0) is 32.9 Å². The van der Waals surface area contributed by atoms with Gasteiger partial charge in [0.05, 0.1) is 25.2 Å². The predicted octanol–water partition coefficient (Wildman–Crippen LogP) is -5.92. The second kappa shape index (κ2) is 12.2. The van der Waals surface area contributed by atoms with Crippen LogP contribution in [0.3, 0.4) is 0 Å². The van der Waals surface area contributed by atoms with E-state index in [-0.39, 0.29) is 32.0 Å². The number of aliphatic hydroxyl groups is 4.